The zero-order valence-corrected chi connectivity index (χ0v) is 12.5. The summed E-state index contributed by atoms with van der Waals surface area (Å²) >= 11 is 0. The van der Waals surface area contributed by atoms with E-state index in [2.05, 4.69) is 44.1 Å². The number of piperidine rings is 1. The third-order valence-corrected chi connectivity index (χ3v) is 4.34. The molecule has 3 nitrogen and oxygen atoms in total. The fourth-order valence-corrected chi connectivity index (χ4v) is 2.90. The van der Waals surface area contributed by atoms with Crippen LogP contribution in [0.25, 0.3) is 0 Å². The first-order valence-corrected chi connectivity index (χ1v) is 7.23. The smallest absolute Gasteiger partial charge is 0.120 e. The molecular weight excluding hydrogens is 236 g/mol. The normalized spacial score (nSPS) is 26.3. The fraction of sp³-hybridized carbons (Fsp3) is 0.625. The topological polar surface area (TPSA) is 35.5 Å². The van der Waals surface area contributed by atoms with Crippen molar-refractivity contribution >= 4 is 0 Å². The number of nitrogens with zero attached hydrogens (tertiary/aromatic N) is 1. The van der Waals surface area contributed by atoms with Crippen LogP contribution in [0.5, 0.6) is 5.75 Å². The second-order valence-electron chi connectivity index (χ2n) is 6.00. The number of aromatic hydroxyl groups is 1. The first-order chi connectivity index (χ1) is 8.97. The average molecular weight is 262 g/mol. The van der Waals surface area contributed by atoms with E-state index >= 15 is 0 Å². The molecule has 0 aromatic heterocycles. The number of aryl methyl sites for hydroxylation is 1. The minimum absolute atomic E-state index is 0.195. The van der Waals surface area contributed by atoms with Gasteiger partial charge in [0.2, 0.25) is 0 Å². The van der Waals surface area contributed by atoms with Crippen molar-refractivity contribution in [3.8, 4) is 5.75 Å². The molecule has 2 N–H and O–H groups in total. The molecule has 1 aliphatic rings. The van der Waals surface area contributed by atoms with Crippen LogP contribution in [-0.4, -0.2) is 35.7 Å². The van der Waals surface area contributed by atoms with E-state index in [4.69, 9.17) is 0 Å². The van der Waals surface area contributed by atoms with Gasteiger partial charge in [-0.05, 0) is 53.3 Å². The van der Waals surface area contributed by atoms with Gasteiger partial charge in [0.15, 0.2) is 0 Å². The van der Waals surface area contributed by atoms with Crippen LogP contribution in [0.4, 0.5) is 0 Å². The van der Waals surface area contributed by atoms with Crippen LogP contribution >= 0.6 is 0 Å². The molecule has 1 heterocycles. The zero-order chi connectivity index (χ0) is 14.0. The van der Waals surface area contributed by atoms with Gasteiger partial charge in [0, 0.05) is 23.7 Å². The molecule has 0 saturated carbocycles. The van der Waals surface area contributed by atoms with E-state index in [1.54, 1.807) is 6.07 Å². The van der Waals surface area contributed by atoms with Crippen molar-refractivity contribution in [1.82, 2.24) is 10.2 Å². The van der Waals surface area contributed by atoms with Gasteiger partial charge in [0.1, 0.15) is 5.75 Å². The average Bonchev–Trinajstić information content (AvgIpc) is 2.36. The maximum Gasteiger partial charge on any atom is 0.120 e. The van der Waals surface area contributed by atoms with E-state index in [-0.39, 0.29) is 6.04 Å². The predicted octanol–water partition coefficient (Wildman–Crippen LogP) is 2.83. The second kappa shape index (κ2) is 5.93. The van der Waals surface area contributed by atoms with Gasteiger partial charge in [0.05, 0.1) is 0 Å². The summed E-state index contributed by atoms with van der Waals surface area (Å²) in [5.41, 5.74) is 2.20. The van der Waals surface area contributed by atoms with Crippen LogP contribution < -0.4 is 5.32 Å². The van der Waals surface area contributed by atoms with Gasteiger partial charge < -0.3 is 15.3 Å². The van der Waals surface area contributed by atoms with Crippen molar-refractivity contribution in [3.05, 3.63) is 29.3 Å². The van der Waals surface area contributed by atoms with Gasteiger partial charge >= 0.3 is 0 Å². The highest BCUT2D eigenvalue weighted by atomic mass is 16.3. The first-order valence-electron chi connectivity index (χ1n) is 7.23. The molecule has 1 aliphatic heterocycles. The van der Waals surface area contributed by atoms with E-state index in [1.807, 2.05) is 6.07 Å². The predicted molar refractivity (Wildman–Crippen MR) is 79.5 cm³/mol. The van der Waals surface area contributed by atoms with Gasteiger partial charge in [-0.15, -0.1) is 0 Å². The molecular formula is C16H26N2O. The lowest BCUT2D eigenvalue weighted by molar-refractivity contribution is 0.163. The number of phenolic OH excluding ortho intramolecular Hbond substituents is 1. The van der Waals surface area contributed by atoms with Crippen LogP contribution in [0, 0.1) is 6.92 Å². The molecule has 0 radical (unpaired) electrons. The SMILES string of the molecule is Cc1ccc(O)c(C(C)NC2CCN(C)C(C)C2)c1. The number of likely N-dealkylation sites (tertiary alicyclic amines) is 1. The summed E-state index contributed by atoms with van der Waals surface area (Å²) in [5.74, 6) is 0.395. The molecule has 3 atom stereocenters. The van der Waals surface area contributed by atoms with Crippen molar-refractivity contribution in [2.75, 3.05) is 13.6 Å². The lowest BCUT2D eigenvalue weighted by atomic mass is 9.96. The molecule has 106 valence electrons. The highest BCUT2D eigenvalue weighted by Crippen LogP contribution is 2.27. The third-order valence-electron chi connectivity index (χ3n) is 4.34. The van der Waals surface area contributed by atoms with Crippen LogP contribution in [0.15, 0.2) is 18.2 Å². The maximum absolute atomic E-state index is 9.98. The van der Waals surface area contributed by atoms with Gasteiger partial charge in [-0.25, -0.2) is 0 Å². The van der Waals surface area contributed by atoms with E-state index in [1.165, 1.54) is 18.4 Å². The largest absolute Gasteiger partial charge is 0.508 e. The maximum atomic E-state index is 9.98. The van der Waals surface area contributed by atoms with Crippen LogP contribution in [0.2, 0.25) is 0 Å². The van der Waals surface area contributed by atoms with E-state index in [0.717, 1.165) is 12.1 Å². The molecule has 3 heteroatoms. The molecule has 1 saturated heterocycles. The number of benzene rings is 1. The van der Waals surface area contributed by atoms with Gasteiger partial charge in [-0.3, -0.25) is 0 Å². The molecule has 2 rings (SSSR count). The number of hydrogen-bond acceptors (Lipinski definition) is 3. The Labute approximate surface area is 116 Å². The summed E-state index contributed by atoms with van der Waals surface area (Å²) in [6, 6.07) is 7.18. The summed E-state index contributed by atoms with van der Waals surface area (Å²) in [6.45, 7) is 7.62. The quantitative estimate of drug-likeness (QED) is 0.879. The molecule has 0 bridgehead atoms. The van der Waals surface area contributed by atoms with Crippen molar-refractivity contribution in [3.63, 3.8) is 0 Å². The molecule has 0 spiro atoms. The molecule has 1 aromatic carbocycles. The number of phenols is 1. The van der Waals surface area contributed by atoms with Crippen LogP contribution in [-0.2, 0) is 0 Å². The number of hydrogen-bond donors (Lipinski definition) is 2. The van der Waals surface area contributed by atoms with E-state index < -0.39 is 0 Å². The molecule has 3 unspecified atom stereocenters. The van der Waals surface area contributed by atoms with Crippen molar-refractivity contribution in [2.24, 2.45) is 0 Å². The highest BCUT2D eigenvalue weighted by molar-refractivity contribution is 5.37. The molecule has 0 aliphatic carbocycles. The summed E-state index contributed by atoms with van der Waals surface area (Å²) in [7, 11) is 2.19. The first kappa shape index (κ1) is 14.4. The fourth-order valence-electron chi connectivity index (χ4n) is 2.90. The standard InChI is InChI=1S/C16H26N2O/c1-11-5-6-16(19)15(9-11)13(3)17-14-7-8-18(4)12(2)10-14/h5-6,9,12-14,17,19H,7-8,10H2,1-4H3. The van der Waals surface area contributed by atoms with Crippen molar-refractivity contribution < 1.29 is 5.11 Å². The number of rotatable bonds is 3. The minimum Gasteiger partial charge on any atom is -0.508 e. The van der Waals surface area contributed by atoms with Crippen molar-refractivity contribution in [1.29, 1.82) is 0 Å². The monoisotopic (exact) mass is 262 g/mol. The van der Waals surface area contributed by atoms with Crippen molar-refractivity contribution in [2.45, 2.75) is 51.7 Å². The Bertz CT molecular complexity index is 433. The Morgan fingerprint density at radius 3 is 2.84 bits per heavy atom. The van der Waals surface area contributed by atoms with Crippen LogP contribution in [0.1, 0.15) is 43.9 Å². The molecule has 19 heavy (non-hydrogen) atoms. The summed E-state index contributed by atoms with van der Waals surface area (Å²) in [6.07, 6.45) is 2.35. The Kier molecular flexibility index (Phi) is 4.48. The van der Waals surface area contributed by atoms with E-state index in [0.29, 0.717) is 17.8 Å². The second-order valence-corrected chi connectivity index (χ2v) is 6.00. The van der Waals surface area contributed by atoms with Gasteiger partial charge in [0.25, 0.3) is 0 Å². The van der Waals surface area contributed by atoms with E-state index in [9.17, 15) is 5.11 Å². The molecule has 1 fully saturated rings. The minimum atomic E-state index is 0.195. The number of nitrogens with one attached hydrogen (secondary N) is 1. The third kappa shape index (κ3) is 3.48. The molecule has 0 amide bonds. The highest BCUT2D eigenvalue weighted by Gasteiger charge is 2.24. The van der Waals surface area contributed by atoms with Gasteiger partial charge in [-0.1, -0.05) is 17.7 Å². The summed E-state index contributed by atoms with van der Waals surface area (Å²) < 4.78 is 0. The Morgan fingerprint density at radius 1 is 1.42 bits per heavy atom. The summed E-state index contributed by atoms with van der Waals surface area (Å²) in [4.78, 5) is 2.41. The van der Waals surface area contributed by atoms with Crippen LogP contribution in [0.3, 0.4) is 0 Å². The lowest BCUT2D eigenvalue weighted by Gasteiger charge is -2.36. The Morgan fingerprint density at radius 2 is 2.16 bits per heavy atom. The zero-order valence-electron chi connectivity index (χ0n) is 12.5. The Balaban J connectivity index is 2.01. The Hall–Kier alpha value is -1.06. The summed E-state index contributed by atoms with van der Waals surface area (Å²) in [5, 5.41) is 13.6. The molecule has 1 aromatic rings. The lowest BCUT2D eigenvalue weighted by Crippen LogP contribution is -2.46. The van der Waals surface area contributed by atoms with Gasteiger partial charge in [-0.2, -0.15) is 0 Å².